The molecule has 10 aromatic rings. The summed E-state index contributed by atoms with van der Waals surface area (Å²) in [5.41, 5.74) is 14.1. The van der Waals surface area contributed by atoms with E-state index in [-0.39, 0.29) is 5.41 Å². The zero-order valence-electron chi connectivity index (χ0n) is 28.9. The average Bonchev–Trinajstić information content (AvgIpc) is 3.81. The Labute approximate surface area is 301 Å². The van der Waals surface area contributed by atoms with Crippen LogP contribution >= 0.6 is 0 Å². The third kappa shape index (κ3) is 4.14. The van der Waals surface area contributed by atoms with Crippen molar-refractivity contribution in [2.45, 2.75) is 19.3 Å². The van der Waals surface area contributed by atoms with E-state index >= 15 is 0 Å². The molecule has 8 aromatic carbocycles. The standard InChI is InChI=1S/C49H33NO2/c1-49(2)41-18-10-8-16-36(41)37-24-22-34(27-42(37)49)50(33-21-20-30-12-6-7-15-32(30)26-33)35-23-25-38-40-29-45-47(39-17-9-11-19-43(39)51-45)46(31-13-4-3-5-14-31)48(40)52-44(38)28-35/h3-29H,1-2H3. The fourth-order valence-electron chi connectivity index (χ4n) is 8.72. The molecule has 246 valence electrons. The maximum absolute atomic E-state index is 6.98. The van der Waals surface area contributed by atoms with Gasteiger partial charge in [0.25, 0.3) is 0 Å². The van der Waals surface area contributed by atoms with E-state index < -0.39 is 0 Å². The van der Waals surface area contributed by atoms with Crippen molar-refractivity contribution in [2.75, 3.05) is 4.90 Å². The molecule has 0 aliphatic heterocycles. The predicted molar refractivity (Wildman–Crippen MR) is 216 cm³/mol. The zero-order chi connectivity index (χ0) is 34.6. The van der Waals surface area contributed by atoms with Gasteiger partial charge in [-0.15, -0.1) is 0 Å². The molecular weight excluding hydrogens is 635 g/mol. The van der Waals surface area contributed by atoms with E-state index in [1.807, 2.05) is 12.1 Å². The summed E-state index contributed by atoms with van der Waals surface area (Å²) in [5, 5.41) is 6.68. The lowest BCUT2D eigenvalue weighted by atomic mass is 9.82. The third-order valence-electron chi connectivity index (χ3n) is 11.2. The molecule has 0 radical (unpaired) electrons. The lowest BCUT2D eigenvalue weighted by Gasteiger charge is -2.28. The van der Waals surface area contributed by atoms with Crippen LogP contribution in [-0.4, -0.2) is 0 Å². The second kappa shape index (κ2) is 10.7. The second-order valence-electron chi connectivity index (χ2n) is 14.5. The van der Waals surface area contributed by atoms with Gasteiger partial charge in [0, 0.05) is 55.7 Å². The van der Waals surface area contributed by atoms with Crippen molar-refractivity contribution in [3.63, 3.8) is 0 Å². The van der Waals surface area contributed by atoms with Crippen molar-refractivity contribution >= 4 is 71.7 Å². The first-order valence-electron chi connectivity index (χ1n) is 17.9. The first kappa shape index (κ1) is 29.2. The van der Waals surface area contributed by atoms with Crippen LogP contribution in [0.25, 0.3) is 76.9 Å². The van der Waals surface area contributed by atoms with Gasteiger partial charge in [0.05, 0.1) is 0 Å². The van der Waals surface area contributed by atoms with Gasteiger partial charge in [0.15, 0.2) is 0 Å². The molecule has 1 aliphatic carbocycles. The number of hydrogen-bond acceptors (Lipinski definition) is 3. The van der Waals surface area contributed by atoms with Gasteiger partial charge in [0.1, 0.15) is 22.3 Å². The molecule has 0 saturated heterocycles. The molecule has 0 fully saturated rings. The van der Waals surface area contributed by atoms with E-state index in [1.54, 1.807) is 0 Å². The molecule has 1 aliphatic rings. The number of para-hydroxylation sites is 1. The molecule has 0 spiro atoms. The summed E-state index contributed by atoms with van der Waals surface area (Å²) < 4.78 is 13.5. The number of nitrogens with zero attached hydrogens (tertiary/aromatic N) is 1. The maximum Gasteiger partial charge on any atom is 0.144 e. The number of hydrogen-bond donors (Lipinski definition) is 0. The number of benzene rings is 8. The van der Waals surface area contributed by atoms with Crippen LogP contribution in [0.15, 0.2) is 173 Å². The molecule has 0 saturated carbocycles. The van der Waals surface area contributed by atoms with Crippen LogP contribution in [0.1, 0.15) is 25.0 Å². The van der Waals surface area contributed by atoms with Crippen molar-refractivity contribution in [3.05, 3.63) is 175 Å². The smallest absolute Gasteiger partial charge is 0.144 e. The molecule has 0 amide bonds. The Morgan fingerprint density at radius 1 is 0.442 bits per heavy atom. The molecule has 3 nitrogen and oxygen atoms in total. The van der Waals surface area contributed by atoms with Crippen LogP contribution in [0, 0.1) is 0 Å². The fraction of sp³-hybridized carbons (Fsp3) is 0.0612. The van der Waals surface area contributed by atoms with E-state index in [0.717, 1.165) is 72.1 Å². The highest BCUT2D eigenvalue weighted by molar-refractivity contribution is 6.23. The largest absolute Gasteiger partial charge is 0.456 e. The first-order chi connectivity index (χ1) is 25.5. The normalized spacial score (nSPS) is 13.3. The summed E-state index contributed by atoms with van der Waals surface area (Å²) in [6, 6.07) is 58.7. The monoisotopic (exact) mass is 667 g/mol. The van der Waals surface area contributed by atoms with E-state index in [0.29, 0.717) is 0 Å². The van der Waals surface area contributed by atoms with Crippen LogP contribution < -0.4 is 4.90 Å². The Balaban J connectivity index is 1.15. The van der Waals surface area contributed by atoms with Gasteiger partial charge in [0.2, 0.25) is 0 Å². The molecule has 2 heterocycles. The van der Waals surface area contributed by atoms with Crippen LogP contribution in [0.4, 0.5) is 17.1 Å². The Morgan fingerprint density at radius 2 is 1.13 bits per heavy atom. The van der Waals surface area contributed by atoms with Crippen LogP contribution in [-0.2, 0) is 5.41 Å². The molecule has 52 heavy (non-hydrogen) atoms. The number of fused-ring (bicyclic) bond motifs is 10. The second-order valence-corrected chi connectivity index (χ2v) is 14.5. The van der Waals surface area contributed by atoms with Crippen molar-refractivity contribution in [3.8, 4) is 22.3 Å². The number of furan rings is 2. The van der Waals surface area contributed by atoms with E-state index in [4.69, 9.17) is 8.83 Å². The van der Waals surface area contributed by atoms with Crippen LogP contribution in [0.2, 0.25) is 0 Å². The quantitative estimate of drug-likeness (QED) is 0.187. The summed E-state index contributed by atoms with van der Waals surface area (Å²) in [5.74, 6) is 0. The van der Waals surface area contributed by atoms with Gasteiger partial charge in [-0.1, -0.05) is 123 Å². The molecule has 0 N–H and O–H groups in total. The molecule has 0 unspecified atom stereocenters. The topological polar surface area (TPSA) is 29.5 Å². The molecule has 2 aromatic heterocycles. The lowest BCUT2D eigenvalue weighted by molar-refractivity contribution is 0.660. The van der Waals surface area contributed by atoms with Crippen molar-refractivity contribution < 1.29 is 8.83 Å². The van der Waals surface area contributed by atoms with Gasteiger partial charge in [-0.2, -0.15) is 0 Å². The zero-order valence-corrected chi connectivity index (χ0v) is 28.9. The lowest BCUT2D eigenvalue weighted by Crippen LogP contribution is -2.16. The highest BCUT2D eigenvalue weighted by atomic mass is 16.3. The molecule has 0 atom stereocenters. The SMILES string of the molecule is CC1(C)c2ccccc2-c2ccc(N(c3ccc4ccccc4c3)c3ccc4c(c3)oc3c(-c5ccccc5)c5c(cc34)oc3ccccc35)cc21. The summed E-state index contributed by atoms with van der Waals surface area (Å²) in [6.07, 6.45) is 0. The predicted octanol–water partition coefficient (Wildman–Crippen LogP) is 14.1. The summed E-state index contributed by atoms with van der Waals surface area (Å²) in [4.78, 5) is 2.37. The summed E-state index contributed by atoms with van der Waals surface area (Å²) in [6.45, 7) is 4.68. The third-order valence-corrected chi connectivity index (χ3v) is 11.2. The van der Waals surface area contributed by atoms with E-state index in [9.17, 15) is 0 Å². The van der Waals surface area contributed by atoms with Gasteiger partial charge in [-0.25, -0.2) is 0 Å². The van der Waals surface area contributed by atoms with E-state index in [1.165, 1.54) is 33.0 Å². The summed E-state index contributed by atoms with van der Waals surface area (Å²) in [7, 11) is 0. The highest BCUT2D eigenvalue weighted by Crippen LogP contribution is 2.51. The van der Waals surface area contributed by atoms with Crippen LogP contribution in [0.5, 0.6) is 0 Å². The Kier molecular flexibility index (Phi) is 6.01. The number of anilines is 3. The highest BCUT2D eigenvalue weighted by Gasteiger charge is 2.35. The molecule has 0 bridgehead atoms. The van der Waals surface area contributed by atoms with E-state index in [2.05, 4.69) is 170 Å². The fourth-order valence-corrected chi connectivity index (χ4v) is 8.72. The maximum atomic E-state index is 6.98. The van der Waals surface area contributed by atoms with Gasteiger partial charge in [-0.05, 0) is 87.1 Å². The molecular formula is C49H33NO2. The average molecular weight is 668 g/mol. The van der Waals surface area contributed by atoms with Crippen molar-refractivity contribution in [2.24, 2.45) is 0 Å². The van der Waals surface area contributed by atoms with Crippen molar-refractivity contribution in [1.29, 1.82) is 0 Å². The Hall–Kier alpha value is -6.58. The minimum atomic E-state index is -0.116. The van der Waals surface area contributed by atoms with Gasteiger partial charge < -0.3 is 13.7 Å². The Bertz CT molecular complexity index is 3050. The van der Waals surface area contributed by atoms with Crippen LogP contribution in [0.3, 0.4) is 0 Å². The summed E-state index contributed by atoms with van der Waals surface area (Å²) >= 11 is 0. The minimum Gasteiger partial charge on any atom is -0.456 e. The van der Waals surface area contributed by atoms with Crippen molar-refractivity contribution in [1.82, 2.24) is 0 Å². The minimum absolute atomic E-state index is 0.116. The first-order valence-corrected chi connectivity index (χ1v) is 17.9. The van der Waals surface area contributed by atoms with Gasteiger partial charge >= 0.3 is 0 Å². The molecule has 3 heteroatoms. The molecule has 11 rings (SSSR count). The van der Waals surface area contributed by atoms with Gasteiger partial charge in [-0.3, -0.25) is 0 Å². The Morgan fingerprint density at radius 3 is 2.04 bits per heavy atom. The number of rotatable bonds is 4.